The summed E-state index contributed by atoms with van der Waals surface area (Å²) in [5.41, 5.74) is 0.411. The molecule has 0 saturated carbocycles. The molecule has 1 aromatic heterocycles. The smallest absolute Gasteiger partial charge is 0.240 e. The zero-order valence-electron chi connectivity index (χ0n) is 11.8. The number of hydrogen-bond acceptors (Lipinski definition) is 5. The molecule has 0 aliphatic carbocycles. The summed E-state index contributed by atoms with van der Waals surface area (Å²) >= 11 is 0. The highest BCUT2D eigenvalue weighted by molar-refractivity contribution is 7.89. The largest absolute Gasteiger partial charge is 0.496 e. The Labute approximate surface area is 123 Å². The summed E-state index contributed by atoms with van der Waals surface area (Å²) in [4.78, 5) is 0.0654. The van der Waals surface area contributed by atoms with Crippen LogP contribution in [0.15, 0.2) is 39.6 Å². The second-order valence-corrected chi connectivity index (χ2v) is 6.24. The third kappa shape index (κ3) is 3.63. The Kier molecular flexibility index (Phi) is 4.66. The number of sulfonamides is 1. The molecular weight excluding hydrogens is 294 g/mol. The zero-order valence-corrected chi connectivity index (χ0v) is 12.6. The number of ether oxygens (including phenoxy) is 1. The van der Waals surface area contributed by atoms with E-state index in [1.54, 1.807) is 19.1 Å². The van der Waals surface area contributed by atoms with Crippen LogP contribution in [0.1, 0.15) is 17.1 Å². The molecule has 21 heavy (non-hydrogen) atoms. The van der Waals surface area contributed by atoms with Crippen LogP contribution < -0.4 is 9.46 Å². The minimum atomic E-state index is -3.68. The van der Waals surface area contributed by atoms with Gasteiger partial charge in [0.1, 0.15) is 17.3 Å². The molecule has 0 spiro atoms. The van der Waals surface area contributed by atoms with Gasteiger partial charge in [0, 0.05) is 5.56 Å². The van der Waals surface area contributed by atoms with Crippen molar-refractivity contribution in [3.05, 3.63) is 47.4 Å². The molecule has 7 heteroatoms. The summed E-state index contributed by atoms with van der Waals surface area (Å²) in [5.74, 6) is 1.70. The van der Waals surface area contributed by atoms with Crippen molar-refractivity contribution >= 4 is 10.0 Å². The quantitative estimate of drug-likeness (QED) is 0.845. The summed E-state index contributed by atoms with van der Waals surface area (Å²) in [7, 11) is -2.22. The summed E-state index contributed by atoms with van der Waals surface area (Å²) in [6.45, 7) is 1.55. The van der Waals surface area contributed by atoms with Crippen LogP contribution >= 0.6 is 0 Å². The van der Waals surface area contributed by atoms with Gasteiger partial charge in [-0.25, -0.2) is 13.1 Å². The van der Waals surface area contributed by atoms with E-state index in [1.165, 1.54) is 25.3 Å². The molecule has 1 heterocycles. The van der Waals surface area contributed by atoms with Gasteiger partial charge in [-0.2, -0.15) is 0 Å². The lowest BCUT2D eigenvalue weighted by Crippen LogP contribution is -2.23. The zero-order chi connectivity index (χ0) is 15.5. The normalized spacial score (nSPS) is 11.6. The first-order valence-corrected chi connectivity index (χ1v) is 7.77. The van der Waals surface area contributed by atoms with E-state index in [9.17, 15) is 13.5 Å². The second-order valence-electron chi connectivity index (χ2n) is 4.47. The molecule has 0 atom stereocenters. The predicted molar refractivity (Wildman–Crippen MR) is 76.4 cm³/mol. The fraction of sp³-hybridized carbons (Fsp3) is 0.286. The minimum Gasteiger partial charge on any atom is -0.496 e. The van der Waals surface area contributed by atoms with Gasteiger partial charge in [-0.3, -0.25) is 0 Å². The predicted octanol–water partition coefficient (Wildman–Crippen LogP) is 1.57. The van der Waals surface area contributed by atoms with Crippen LogP contribution in [0.5, 0.6) is 5.75 Å². The number of aryl methyl sites for hydroxylation is 1. The monoisotopic (exact) mass is 311 g/mol. The van der Waals surface area contributed by atoms with Gasteiger partial charge >= 0.3 is 0 Å². The van der Waals surface area contributed by atoms with Crippen LogP contribution in [-0.2, 0) is 23.2 Å². The lowest BCUT2D eigenvalue weighted by Gasteiger charge is -2.10. The van der Waals surface area contributed by atoms with Crippen molar-refractivity contribution in [1.82, 2.24) is 4.72 Å². The Morgan fingerprint density at radius 1 is 1.29 bits per heavy atom. The molecule has 0 aliphatic rings. The number of methoxy groups -OCH3 is 1. The van der Waals surface area contributed by atoms with E-state index in [-0.39, 0.29) is 18.0 Å². The molecule has 0 saturated heterocycles. The highest BCUT2D eigenvalue weighted by Crippen LogP contribution is 2.22. The van der Waals surface area contributed by atoms with E-state index >= 15 is 0 Å². The molecule has 0 bridgehead atoms. The highest BCUT2D eigenvalue weighted by Gasteiger charge is 2.16. The molecule has 114 valence electrons. The van der Waals surface area contributed by atoms with Crippen molar-refractivity contribution in [2.75, 3.05) is 7.11 Å². The number of aliphatic hydroxyl groups is 1. The van der Waals surface area contributed by atoms with Crippen molar-refractivity contribution < 1.29 is 22.7 Å². The first kappa shape index (κ1) is 15.6. The number of rotatable bonds is 6. The molecule has 2 aromatic rings. The molecular formula is C14H17NO5S. The van der Waals surface area contributed by atoms with E-state index in [2.05, 4.69) is 4.72 Å². The van der Waals surface area contributed by atoms with Crippen molar-refractivity contribution in [3.63, 3.8) is 0 Å². The molecule has 0 unspecified atom stereocenters. The fourth-order valence-corrected chi connectivity index (χ4v) is 2.92. The van der Waals surface area contributed by atoms with Gasteiger partial charge in [0.05, 0.1) is 25.2 Å². The third-order valence-electron chi connectivity index (χ3n) is 2.96. The summed E-state index contributed by atoms with van der Waals surface area (Å²) in [6.07, 6.45) is 0. The Morgan fingerprint density at radius 3 is 2.62 bits per heavy atom. The SMILES string of the molecule is COc1ccc(S(=O)(=O)NCc2ccc(C)o2)cc1CO. The van der Waals surface area contributed by atoms with E-state index in [1.807, 2.05) is 0 Å². The lowest BCUT2D eigenvalue weighted by molar-refractivity contribution is 0.273. The van der Waals surface area contributed by atoms with Crippen LogP contribution in [0, 0.1) is 6.92 Å². The number of benzene rings is 1. The van der Waals surface area contributed by atoms with E-state index in [4.69, 9.17) is 9.15 Å². The first-order valence-electron chi connectivity index (χ1n) is 6.29. The average Bonchev–Trinajstić information content (AvgIpc) is 2.90. The topological polar surface area (TPSA) is 88.8 Å². The molecule has 0 amide bonds. The van der Waals surface area contributed by atoms with E-state index < -0.39 is 10.0 Å². The molecule has 2 N–H and O–H groups in total. The van der Waals surface area contributed by atoms with Crippen molar-refractivity contribution in [1.29, 1.82) is 0 Å². The number of nitrogens with one attached hydrogen (secondary N) is 1. The van der Waals surface area contributed by atoms with Crippen LogP contribution in [0.4, 0.5) is 0 Å². The van der Waals surface area contributed by atoms with Gasteiger partial charge in [-0.15, -0.1) is 0 Å². The molecule has 6 nitrogen and oxygen atoms in total. The van der Waals surface area contributed by atoms with Crippen LogP contribution in [-0.4, -0.2) is 20.6 Å². The summed E-state index contributed by atoms with van der Waals surface area (Å²) in [5, 5.41) is 9.24. The fourth-order valence-electron chi connectivity index (χ4n) is 1.88. The Morgan fingerprint density at radius 2 is 2.05 bits per heavy atom. The number of hydrogen-bond donors (Lipinski definition) is 2. The molecule has 0 fully saturated rings. The standard InChI is InChI=1S/C14H17NO5S/c1-10-3-4-12(20-10)8-15-21(17,18)13-5-6-14(19-2)11(7-13)9-16/h3-7,15-16H,8-9H2,1-2H3. The van der Waals surface area contributed by atoms with Gasteiger partial charge in [-0.05, 0) is 37.3 Å². The first-order chi connectivity index (χ1) is 9.96. The summed E-state index contributed by atoms with van der Waals surface area (Å²) in [6, 6.07) is 7.80. The van der Waals surface area contributed by atoms with E-state index in [0.717, 1.165) is 5.76 Å². The average molecular weight is 311 g/mol. The van der Waals surface area contributed by atoms with Crippen molar-refractivity contribution in [2.24, 2.45) is 0 Å². The molecule has 0 aliphatic heterocycles. The van der Waals surface area contributed by atoms with Gasteiger partial charge in [0.25, 0.3) is 0 Å². The number of aliphatic hydroxyl groups excluding tert-OH is 1. The second kappa shape index (κ2) is 6.30. The van der Waals surface area contributed by atoms with Gasteiger partial charge in [0.2, 0.25) is 10.0 Å². The van der Waals surface area contributed by atoms with Crippen LogP contribution in [0.2, 0.25) is 0 Å². The maximum absolute atomic E-state index is 12.2. The Hall–Kier alpha value is -1.83. The maximum atomic E-state index is 12.2. The van der Waals surface area contributed by atoms with Crippen LogP contribution in [0.25, 0.3) is 0 Å². The van der Waals surface area contributed by atoms with E-state index in [0.29, 0.717) is 17.1 Å². The molecule has 0 radical (unpaired) electrons. The summed E-state index contributed by atoms with van der Waals surface area (Å²) < 4.78 is 37.2. The third-order valence-corrected chi connectivity index (χ3v) is 4.36. The maximum Gasteiger partial charge on any atom is 0.240 e. The van der Waals surface area contributed by atoms with Gasteiger partial charge < -0.3 is 14.3 Å². The Balaban J connectivity index is 2.19. The Bertz CT molecular complexity index is 721. The molecule has 2 rings (SSSR count). The molecule has 1 aromatic carbocycles. The van der Waals surface area contributed by atoms with Gasteiger partial charge in [0.15, 0.2) is 0 Å². The minimum absolute atomic E-state index is 0.0654. The van der Waals surface area contributed by atoms with Gasteiger partial charge in [-0.1, -0.05) is 0 Å². The van der Waals surface area contributed by atoms with Crippen molar-refractivity contribution in [2.45, 2.75) is 25.0 Å². The highest BCUT2D eigenvalue weighted by atomic mass is 32.2. The van der Waals surface area contributed by atoms with Crippen LogP contribution in [0.3, 0.4) is 0 Å². The number of furan rings is 1. The van der Waals surface area contributed by atoms with Crippen molar-refractivity contribution in [3.8, 4) is 5.75 Å². The lowest BCUT2D eigenvalue weighted by atomic mass is 10.2.